The van der Waals surface area contributed by atoms with Crippen LogP contribution in [0.5, 0.6) is 0 Å². The fourth-order valence-corrected chi connectivity index (χ4v) is 6.87. The summed E-state index contributed by atoms with van der Waals surface area (Å²) >= 11 is 1.07. The van der Waals surface area contributed by atoms with E-state index in [0.29, 0.717) is 38.5 Å². The summed E-state index contributed by atoms with van der Waals surface area (Å²) in [5, 5.41) is 11.6. The molecule has 8 nitrogen and oxygen atoms in total. The largest absolute Gasteiger partial charge is 0.421 e. The van der Waals surface area contributed by atoms with Crippen LogP contribution in [0.4, 0.5) is 18.9 Å². The zero-order valence-electron chi connectivity index (χ0n) is 19.5. The summed E-state index contributed by atoms with van der Waals surface area (Å²) in [5.41, 5.74) is -2.55. The number of alkyl halides is 3. The minimum Gasteiger partial charge on any atom is -0.379 e. The molecule has 194 valence electrons. The van der Waals surface area contributed by atoms with E-state index >= 15 is 0 Å². The van der Waals surface area contributed by atoms with Crippen LogP contribution in [0.15, 0.2) is 40.2 Å². The molecular formula is C22H29F3N4O4S2. The van der Waals surface area contributed by atoms with E-state index in [1.165, 1.54) is 22.6 Å². The van der Waals surface area contributed by atoms with Crippen LogP contribution in [0.25, 0.3) is 0 Å². The van der Waals surface area contributed by atoms with Crippen molar-refractivity contribution in [3.63, 3.8) is 0 Å². The molecule has 4 rings (SSSR count). The van der Waals surface area contributed by atoms with Gasteiger partial charge in [-0.1, -0.05) is 12.1 Å². The molecule has 0 radical (unpaired) electrons. The molecule has 1 aromatic carbocycles. The maximum atomic E-state index is 13.3. The molecule has 2 fully saturated rings. The van der Waals surface area contributed by atoms with Gasteiger partial charge in [-0.25, -0.2) is 13.4 Å². The normalized spacial score (nSPS) is 24.9. The molecule has 2 aromatic rings. The molecular weight excluding hydrogens is 505 g/mol. The lowest BCUT2D eigenvalue weighted by atomic mass is 9.95. The van der Waals surface area contributed by atoms with E-state index in [4.69, 9.17) is 4.74 Å². The summed E-state index contributed by atoms with van der Waals surface area (Å²) in [6.45, 7) is 6.01. The van der Waals surface area contributed by atoms with Crippen molar-refractivity contribution in [1.82, 2.24) is 14.2 Å². The van der Waals surface area contributed by atoms with Crippen molar-refractivity contribution in [2.75, 3.05) is 50.8 Å². The standard InChI is InChI=1S/C22H29F3N4O4S2/c1-16-15-33-11-10-27(16)13-19-14-28(35(31,32)20-26-7-12-34-20)8-9-29(19)18-5-3-17(4-6-18)21(2,30)22(23,24)25/h3-7,12,16,19,30H,8-11,13-15H2,1-2H3/t16-,19-,21-/m0/s1. The van der Waals surface area contributed by atoms with Crippen molar-refractivity contribution in [3.05, 3.63) is 41.4 Å². The summed E-state index contributed by atoms with van der Waals surface area (Å²) in [4.78, 5) is 8.25. The highest BCUT2D eigenvalue weighted by Gasteiger charge is 2.51. The van der Waals surface area contributed by atoms with Crippen LogP contribution in [0.3, 0.4) is 0 Å². The van der Waals surface area contributed by atoms with Gasteiger partial charge in [0.05, 0.1) is 19.3 Å². The number of aromatic nitrogens is 1. The average molecular weight is 535 g/mol. The van der Waals surface area contributed by atoms with Gasteiger partial charge in [0.25, 0.3) is 10.0 Å². The number of ether oxygens (including phenoxy) is 1. The second-order valence-electron chi connectivity index (χ2n) is 9.04. The Labute approximate surface area is 207 Å². The van der Waals surface area contributed by atoms with E-state index in [9.17, 15) is 26.7 Å². The average Bonchev–Trinajstić information content (AvgIpc) is 3.36. The highest BCUT2D eigenvalue weighted by molar-refractivity contribution is 7.91. The number of rotatable bonds is 6. The number of anilines is 1. The Bertz CT molecular complexity index is 1090. The lowest BCUT2D eigenvalue weighted by Gasteiger charge is -2.45. The van der Waals surface area contributed by atoms with Crippen molar-refractivity contribution in [3.8, 4) is 0 Å². The zero-order valence-corrected chi connectivity index (χ0v) is 21.1. The monoisotopic (exact) mass is 534 g/mol. The summed E-state index contributed by atoms with van der Waals surface area (Å²) in [5.74, 6) is 0. The lowest BCUT2D eigenvalue weighted by molar-refractivity contribution is -0.258. The van der Waals surface area contributed by atoms with E-state index in [1.54, 1.807) is 17.5 Å². The highest BCUT2D eigenvalue weighted by Crippen LogP contribution is 2.39. The first-order valence-corrected chi connectivity index (χ1v) is 13.6. The van der Waals surface area contributed by atoms with Gasteiger partial charge in [-0.15, -0.1) is 11.3 Å². The Balaban J connectivity index is 1.60. The highest BCUT2D eigenvalue weighted by atomic mass is 32.2. The quantitative estimate of drug-likeness (QED) is 0.610. The molecule has 2 aliphatic rings. The van der Waals surface area contributed by atoms with Gasteiger partial charge < -0.3 is 14.7 Å². The number of aliphatic hydroxyl groups is 1. The second kappa shape index (κ2) is 9.94. The van der Waals surface area contributed by atoms with Crippen LogP contribution in [0.2, 0.25) is 0 Å². The smallest absolute Gasteiger partial charge is 0.379 e. The summed E-state index contributed by atoms with van der Waals surface area (Å²) in [6.07, 6.45) is -3.35. The molecule has 3 atom stereocenters. The van der Waals surface area contributed by atoms with Gasteiger partial charge in [0.15, 0.2) is 5.60 Å². The minimum atomic E-state index is -4.81. The molecule has 13 heteroatoms. The van der Waals surface area contributed by atoms with Gasteiger partial charge in [0.1, 0.15) is 0 Å². The van der Waals surface area contributed by atoms with E-state index in [1.807, 2.05) is 11.8 Å². The number of benzene rings is 1. The Hall–Kier alpha value is -1.77. The van der Waals surface area contributed by atoms with Gasteiger partial charge in [-0.3, -0.25) is 4.90 Å². The van der Waals surface area contributed by atoms with Crippen molar-refractivity contribution in [2.24, 2.45) is 0 Å². The fraction of sp³-hybridized carbons (Fsp3) is 0.591. The van der Waals surface area contributed by atoms with Gasteiger partial charge in [-0.05, 0) is 31.5 Å². The molecule has 0 bridgehead atoms. The molecule has 0 spiro atoms. The predicted molar refractivity (Wildman–Crippen MR) is 126 cm³/mol. The number of nitrogens with zero attached hydrogens (tertiary/aromatic N) is 4. The van der Waals surface area contributed by atoms with Crippen molar-refractivity contribution in [2.45, 2.75) is 42.0 Å². The molecule has 35 heavy (non-hydrogen) atoms. The summed E-state index contributed by atoms with van der Waals surface area (Å²) in [6, 6.07) is 5.56. The zero-order chi connectivity index (χ0) is 25.4. The fourth-order valence-electron chi connectivity index (χ4n) is 4.43. The number of piperazine rings is 1. The first-order valence-electron chi connectivity index (χ1n) is 11.3. The van der Waals surface area contributed by atoms with E-state index in [2.05, 4.69) is 9.88 Å². The molecule has 1 aromatic heterocycles. The van der Waals surface area contributed by atoms with Crippen LogP contribution in [0, 0.1) is 0 Å². The van der Waals surface area contributed by atoms with Gasteiger partial charge in [0.2, 0.25) is 4.34 Å². The van der Waals surface area contributed by atoms with Crippen molar-refractivity contribution < 1.29 is 31.4 Å². The van der Waals surface area contributed by atoms with E-state index < -0.39 is 21.8 Å². The third-order valence-corrected chi connectivity index (χ3v) is 9.72. The van der Waals surface area contributed by atoms with Crippen LogP contribution in [0.1, 0.15) is 19.4 Å². The van der Waals surface area contributed by atoms with Crippen LogP contribution in [-0.4, -0.2) is 91.9 Å². The molecule has 2 aliphatic heterocycles. The number of halogens is 3. The summed E-state index contributed by atoms with van der Waals surface area (Å²) in [7, 11) is -3.74. The van der Waals surface area contributed by atoms with Gasteiger partial charge >= 0.3 is 6.18 Å². The Morgan fingerprint density at radius 1 is 1.20 bits per heavy atom. The number of sulfonamides is 1. The first kappa shape index (κ1) is 26.3. The van der Waals surface area contributed by atoms with Crippen LogP contribution in [-0.2, 0) is 20.4 Å². The maximum absolute atomic E-state index is 13.3. The SMILES string of the molecule is C[C@H]1COCCN1C[C@H]1CN(S(=O)(=O)c2nccs2)CCN1c1ccc([C@](C)(O)C(F)(F)F)cc1. The van der Waals surface area contributed by atoms with Crippen molar-refractivity contribution in [1.29, 1.82) is 0 Å². The third kappa shape index (κ3) is 5.35. The number of hydrogen-bond acceptors (Lipinski definition) is 8. The molecule has 0 amide bonds. The third-order valence-electron chi connectivity index (χ3n) is 6.68. The molecule has 0 unspecified atom stereocenters. The predicted octanol–water partition coefficient (Wildman–Crippen LogP) is 2.51. The topological polar surface area (TPSA) is 86.2 Å². The van der Waals surface area contributed by atoms with Gasteiger partial charge in [-0.2, -0.15) is 17.5 Å². The molecule has 1 N–H and O–H groups in total. The molecule has 0 aliphatic carbocycles. The first-order chi connectivity index (χ1) is 16.4. The second-order valence-corrected chi connectivity index (χ2v) is 12.1. The Morgan fingerprint density at radius 2 is 1.91 bits per heavy atom. The Kier molecular flexibility index (Phi) is 7.47. The minimum absolute atomic E-state index is 0.0446. The van der Waals surface area contributed by atoms with Crippen LogP contribution < -0.4 is 4.90 Å². The molecule has 2 saturated heterocycles. The van der Waals surface area contributed by atoms with Crippen molar-refractivity contribution >= 4 is 27.0 Å². The Morgan fingerprint density at radius 3 is 2.51 bits per heavy atom. The molecule has 3 heterocycles. The van der Waals surface area contributed by atoms with E-state index in [-0.39, 0.29) is 35.1 Å². The maximum Gasteiger partial charge on any atom is 0.421 e. The van der Waals surface area contributed by atoms with E-state index in [0.717, 1.165) is 18.3 Å². The number of morpholine rings is 1. The number of thiazole rings is 1. The lowest BCUT2D eigenvalue weighted by Crippen LogP contribution is -2.60. The molecule has 0 saturated carbocycles. The van der Waals surface area contributed by atoms with Gasteiger partial charge in [0, 0.05) is 56.0 Å². The summed E-state index contributed by atoms with van der Waals surface area (Å²) < 4.78 is 73.0. The number of hydrogen-bond donors (Lipinski definition) is 1. The van der Waals surface area contributed by atoms with Crippen LogP contribution >= 0.6 is 11.3 Å².